The Bertz CT molecular complexity index is 486. The molecule has 0 spiro atoms. The Morgan fingerprint density at radius 1 is 1.42 bits per heavy atom. The molecule has 19 heavy (non-hydrogen) atoms. The van der Waals surface area contributed by atoms with Crippen molar-refractivity contribution in [3.05, 3.63) is 41.5 Å². The molecule has 4 nitrogen and oxygen atoms in total. The van der Waals surface area contributed by atoms with Gasteiger partial charge in [-0.1, -0.05) is 19.1 Å². The summed E-state index contributed by atoms with van der Waals surface area (Å²) in [5.41, 5.74) is 1.45. The lowest BCUT2D eigenvalue weighted by atomic mass is 10.1. The van der Waals surface area contributed by atoms with Crippen LogP contribution in [0, 0.1) is 17.2 Å². The lowest BCUT2D eigenvalue weighted by molar-refractivity contribution is -0.117. The second-order valence-corrected chi connectivity index (χ2v) is 4.52. The SMILES string of the molecule is CC(CO)C(C)NC(=O)/C=C/c1ccc(C#N)cc1. The number of carbonyl (C=O) groups excluding carboxylic acids is 1. The first-order valence-corrected chi connectivity index (χ1v) is 6.16. The molecule has 4 heteroatoms. The fourth-order valence-corrected chi connectivity index (χ4v) is 1.41. The number of hydrogen-bond acceptors (Lipinski definition) is 3. The zero-order valence-electron chi connectivity index (χ0n) is 11.1. The van der Waals surface area contributed by atoms with E-state index in [1.54, 1.807) is 30.3 Å². The maximum Gasteiger partial charge on any atom is 0.244 e. The quantitative estimate of drug-likeness (QED) is 0.789. The van der Waals surface area contributed by atoms with E-state index in [2.05, 4.69) is 5.32 Å². The van der Waals surface area contributed by atoms with Gasteiger partial charge in [-0.05, 0) is 36.6 Å². The van der Waals surface area contributed by atoms with Gasteiger partial charge in [0.1, 0.15) is 0 Å². The molecule has 1 amide bonds. The molecule has 100 valence electrons. The lowest BCUT2D eigenvalue weighted by Crippen LogP contribution is -2.37. The number of carbonyl (C=O) groups is 1. The summed E-state index contributed by atoms with van der Waals surface area (Å²) in [6.45, 7) is 3.77. The summed E-state index contributed by atoms with van der Waals surface area (Å²) < 4.78 is 0. The minimum Gasteiger partial charge on any atom is -0.396 e. The predicted molar refractivity (Wildman–Crippen MR) is 74.0 cm³/mol. The molecule has 0 fully saturated rings. The minimum atomic E-state index is -0.197. The molecule has 1 aromatic carbocycles. The number of nitriles is 1. The summed E-state index contributed by atoms with van der Waals surface area (Å²) in [6, 6.07) is 8.92. The first-order chi connectivity index (χ1) is 9.06. The third-order valence-corrected chi connectivity index (χ3v) is 2.98. The van der Waals surface area contributed by atoms with Gasteiger partial charge < -0.3 is 10.4 Å². The van der Waals surface area contributed by atoms with Crippen LogP contribution in [0.4, 0.5) is 0 Å². The van der Waals surface area contributed by atoms with Crippen molar-refractivity contribution in [2.75, 3.05) is 6.61 Å². The first kappa shape index (κ1) is 14.9. The van der Waals surface area contributed by atoms with Gasteiger partial charge in [-0.15, -0.1) is 0 Å². The van der Waals surface area contributed by atoms with Gasteiger partial charge in [0, 0.05) is 18.7 Å². The molecule has 0 aliphatic carbocycles. The van der Waals surface area contributed by atoms with Crippen LogP contribution in [0.3, 0.4) is 0 Å². The molecule has 2 N–H and O–H groups in total. The normalized spacial score (nSPS) is 13.8. The van der Waals surface area contributed by atoms with Gasteiger partial charge in [0.2, 0.25) is 5.91 Å². The van der Waals surface area contributed by atoms with Gasteiger partial charge >= 0.3 is 0 Å². The third-order valence-electron chi connectivity index (χ3n) is 2.98. The standard InChI is InChI=1S/C15H18N2O2/c1-11(10-18)12(2)17-15(19)8-7-13-3-5-14(9-16)6-4-13/h3-8,11-12,18H,10H2,1-2H3,(H,17,19)/b8-7+. The van der Waals surface area contributed by atoms with Gasteiger partial charge in [-0.25, -0.2) is 0 Å². The van der Waals surface area contributed by atoms with Crippen molar-refractivity contribution < 1.29 is 9.90 Å². The molecule has 0 heterocycles. The highest BCUT2D eigenvalue weighted by Gasteiger charge is 2.11. The van der Waals surface area contributed by atoms with E-state index >= 15 is 0 Å². The molecule has 0 aliphatic rings. The van der Waals surface area contributed by atoms with Crippen molar-refractivity contribution in [2.24, 2.45) is 5.92 Å². The van der Waals surface area contributed by atoms with E-state index < -0.39 is 0 Å². The highest BCUT2D eigenvalue weighted by molar-refractivity contribution is 5.91. The molecule has 2 atom stereocenters. The van der Waals surface area contributed by atoms with E-state index in [-0.39, 0.29) is 24.5 Å². The Labute approximate surface area is 113 Å². The molecule has 0 saturated heterocycles. The van der Waals surface area contributed by atoms with E-state index in [0.29, 0.717) is 5.56 Å². The van der Waals surface area contributed by atoms with Crippen LogP contribution in [0.1, 0.15) is 25.0 Å². The Kier molecular flexibility index (Phi) is 5.77. The number of nitrogens with one attached hydrogen (secondary N) is 1. The molecule has 0 radical (unpaired) electrons. The zero-order valence-corrected chi connectivity index (χ0v) is 11.1. The molecule has 0 aromatic heterocycles. The van der Waals surface area contributed by atoms with Gasteiger partial charge in [0.15, 0.2) is 0 Å². The third kappa shape index (κ3) is 4.94. The van der Waals surface area contributed by atoms with E-state index in [4.69, 9.17) is 10.4 Å². The molecular formula is C15H18N2O2. The van der Waals surface area contributed by atoms with Gasteiger partial charge in [-0.3, -0.25) is 4.79 Å². The fraction of sp³-hybridized carbons (Fsp3) is 0.333. The summed E-state index contributed by atoms with van der Waals surface area (Å²) in [5, 5.41) is 20.4. The van der Waals surface area contributed by atoms with Crippen molar-refractivity contribution >= 4 is 12.0 Å². The average molecular weight is 258 g/mol. The van der Waals surface area contributed by atoms with E-state index in [1.807, 2.05) is 19.9 Å². The molecule has 0 aliphatic heterocycles. The summed E-state index contributed by atoms with van der Waals surface area (Å²) in [7, 11) is 0. The highest BCUT2D eigenvalue weighted by Crippen LogP contribution is 2.05. The Balaban J connectivity index is 2.56. The van der Waals surface area contributed by atoms with Gasteiger partial charge in [0.05, 0.1) is 11.6 Å². The summed E-state index contributed by atoms with van der Waals surface area (Å²) >= 11 is 0. The molecule has 1 aromatic rings. The van der Waals surface area contributed by atoms with Crippen LogP contribution in [0.2, 0.25) is 0 Å². The highest BCUT2D eigenvalue weighted by atomic mass is 16.3. The average Bonchev–Trinajstić information content (AvgIpc) is 2.44. The second kappa shape index (κ2) is 7.34. The van der Waals surface area contributed by atoms with Crippen LogP contribution in [0.5, 0.6) is 0 Å². The maximum absolute atomic E-state index is 11.6. The molecule has 0 saturated carbocycles. The first-order valence-electron chi connectivity index (χ1n) is 6.16. The second-order valence-electron chi connectivity index (χ2n) is 4.52. The van der Waals surface area contributed by atoms with Crippen molar-refractivity contribution in [2.45, 2.75) is 19.9 Å². The minimum absolute atomic E-state index is 0.0206. The van der Waals surface area contributed by atoms with Gasteiger partial charge in [0.25, 0.3) is 0 Å². The zero-order chi connectivity index (χ0) is 14.3. The van der Waals surface area contributed by atoms with Crippen LogP contribution >= 0.6 is 0 Å². The van der Waals surface area contributed by atoms with Gasteiger partial charge in [-0.2, -0.15) is 5.26 Å². The topological polar surface area (TPSA) is 73.1 Å². The fourth-order valence-electron chi connectivity index (χ4n) is 1.41. The van der Waals surface area contributed by atoms with Crippen LogP contribution in [-0.2, 0) is 4.79 Å². The van der Waals surface area contributed by atoms with E-state index in [1.165, 1.54) is 6.08 Å². The summed E-state index contributed by atoms with van der Waals surface area (Å²) in [5.74, 6) is -0.176. The molecule has 2 unspecified atom stereocenters. The van der Waals surface area contributed by atoms with Crippen LogP contribution in [0.25, 0.3) is 6.08 Å². The molecule has 1 rings (SSSR count). The number of aliphatic hydroxyl groups excluding tert-OH is 1. The van der Waals surface area contributed by atoms with Crippen molar-refractivity contribution in [1.82, 2.24) is 5.32 Å². The largest absolute Gasteiger partial charge is 0.396 e. The number of aliphatic hydroxyl groups is 1. The van der Waals surface area contributed by atoms with E-state index in [9.17, 15) is 4.79 Å². The molecule has 0 bridgehead atoms. The van der Waals surface area contributed by atoms with Crippen LogP contribution < -0.4 is 5.32 Å². The van der Waals surface area contributed by atoms with Crippen LogP contribution in [0.15, 0.2) is 30.3 Å². The maximum atomic E-state index is 11.6. The predicted octanol–water partition coefficient (Wildman–Crippen LogP) is 1.70. The monoisotopic (exact) mass is 258 g/mol. The lowest BCUT2D eigenvalue weighted by Gasteiger charge is -2.18. The number of rotatable bonds is 5. The molecular weight excluding hydrogens is 240 g/mol. The number of benzene rings is 1. The van der Waals surface area contributed by atoms with Crippen LogP contribution in [-0.4, -0.2) is 23.7 Å². The number of amides is 1. The number of nitrogens with zero attached hydrogens (tertiary/aromatic N) is 1. The Hall–Kier alpha value is -2.12. The Morgan fingerprint density at radius 2 is 2.05 bits per heavy atom. The van der Waals surface area contributed by atoms with Crippen molar-refractivity contribution in [1.29, 1.82) is 5.26 Å². The summed E-state index contributed by atoms with van der Waals surface area (Å²) in [4.78, 5) is 11.6. The Morgan fingerprint density at radius 3 is 2.58 bits per heavy atom. The number of hydrogen-bond donors (Lipinski definition) is 2. The van der Waals surface area contributed by atoms with Crippen molar-refractivity contribution in [3.63, 3.8) is 0 Å². The van der Waals surface area contributed by atoms with E-state index in [0.717, 1.165) is 5.56 Å². The smallest absolute Gasteiger partial charge is 0.244 e. The van der Waals surface area contributed by atoms with Crippen molar-refractivity contribution in [3.8, 4) is 6.07 Å². The summed E-state index contributed by atoms with van der Waals surface area (Å²) in [6.07, 6.45) is 3.13.